The van der Waals surface area contributed by atoms with Crippen LogP contribution in [0, 0.1) is 0 Å². The van der Waals surface area contributed by atoms with Gasteiger partial charge in [-0.1, -0.05) is 36.4 Å². The Morgan fingerprint density at radius 2 is 1.87 bits per heavy atom. The fourth-order valence-electron chi connectivity index (χ4n) is 3.41. The molecule has 31 heavy (non-hydrogen) atoms. The van der Waals surface area contributed by atoms with Gasteiger partial charge in [0.15, 0.2) is 6.23 Å². The van der Waals surface area contributed by atoms with Gasteiger partial charge in [0.05, 0.1) is 6.61 Å². The first-order chi connectivity index (χ1) is 14.8. The molecule has 0 bridgehead atoms. The Balaban J connectivity index is 1.64. The predicted octanol–water partition coefficient (Wildman–Crippen LogP) is 0.505. The van der Waals surface area contributed by atoms with Gasteiger partial charge in [0.1, 0.15) is 24.1 Å². The summed E-state index contributed by atoms with van der Waals surface area (Å²) in [4.78, 5) is 35.9. The molecule has 2 heterocycles. The fourth-order valence-corrected chi connectivity index (χ4v) is 4.40. The van der Waals surface area contributed by atoms with Crippen LogP contribution < -0.4 is 15.8 Å². The van der Waals surface area contributed by atoms with Crippen LogP contribution in [0.4, 0.5) is 0 Å². The van der Waals surface area contributed by atoms with Crippen molar-refractivity contribution in [2.45, 2.75) is 24.5 Å². The average Bonchev–Trinajstić information content (AvgIpc) is 3.03. The Hall–Kier alpha value is -2.79. The maximum atomic E-state index is 12.8. The number of ether oxygens (including phenoxy) is 1. The van der Waals surface area contributed by atoms with Gasteiger partial charge >= 0.3 is 13.5 Å². The van der Waals surface area contributed by atoms with Gasteiger partial charge < -0.3 is 19.5 Å². The first-order valence-corrected chi connectivity index (χ1v) is 10.7. The van der Waals surface area contributed by atoms with E-state index in [1.54, 1.807) is 36.4 Å². The highest BCUT2D eigenvalue weighted by molar-refractivity contribution is 7.47. The number of phosphoric ester groups is 1. The molecule has 0 saturated carbocycles. The zero-order chi connectivity index (χ0) is 22.2. The van der Waals surface area contributed by atoms with E-state index in [0.29, 0.717) is 5.39 Å². The Bertz CT molecular complexity index is 1250. The van der Waals surface area contributed by atoms with Crippen molar-refractivity contribution in [2.75, 3.05) is 6.61 Å². The van der Waals surface area contributed by atoms with Crippen molar-refractivity contribution in [3.63, 3.8) is 0 Å². The van der Waals surface area contributed by atoms with E-state index in [4.69, 9.17) is 13.8 Å². The van der Waals surface area contributed by atoms with Crippen molar-refractivity contribution in [3.05, 3.63) is 75.6 Å². The zero-order valence-corrected chi connectivity index (χ0v) is 16.8. The van der Waals surface area contributed by atoms with Gasteiger partial charge in [-0.3, -0.25) is 23.8 Å². The monoisotopic (exact) mass is 450 g/mol. The number of rotatable bonds is 6. The Morgan fingerprint density at radius 3 is 2.61 bits per heavy atom. The molecule has 4 N–H and O–H groups in total. The van der Waals surface area contributed by atoms with Crippen LogP contribution >= 0.6 is 7.82 Å². The van der Waals surface area contributed by atoms with Crippen LogP contribution in [0.5, 0.6) is 5.75 Å². The Morgan fingerprint density at radius 1 is 1.13 bits per heavy atom. The molecule has 1 aromatic heterocycles. The first kappa shape index (κ1) is 21.4. The van der Waals surface area contributed by atoms with Gasteiger partial charge in [-0.2, -0.15) is 0 Å². The summed E-state index contributed by atoms with van der Waals surface area (Å²) in [6.07, 6.45) is -4.65. The molecule has 1 unspecified atom stereocenters. The van der Waals surface area contributed by atoms with Crippen LogP contribution in [-0.4, -0.2) is 49.6 Å². The van der Waals surface area contributed by atoms with E-state index in [-0.39, 0.29) is 5.75 Å². The number of aliphatic hydroxyl groups excluding tert-OH is 2. The molecular weight excluding hydrogens is 431 g/mol. The van der Waals surface area contributed by atoms with Crippen molar-refractivity contribution in [3.8, 4) is 5.75 Å². The zero-order valence-electron chi connectivity index (χ0n) is 15.9. The molecule has 11 nitrogen and oxygen atoms in total. The number of benzene rings is 2. The lowest BCUT2D eigenvalue weighted by Gasteiger charge is -2.24. The lowest BCUT2D eigenvalue weighted by Crippen LogP contribution is -2.39. The summed E-state index contributed by atoms with van der Waals surface area (Å²) in [6, 6.07) is 13.0. The molecule has 4 rings (SSSR count). The topological polar surface area (TPSA) is 160 Å². The summed E-state index contributed by atoms with van der Waals surface area (Å²) in [6.45, 7) is -0.643. The number of hydrogen-bond acceptors (Lipinski definition) is 8. The predicted molar refractivity (Wildman–Crippen MR) is 108 cm³/mol. The smallest absolute Gasteiger partial charge is 0.403 e. The normalized spacial score (nSPS) is 25.4. The number of aromatic amines is 1. The number of nitrogens with one attached hydrogen (secondary N) is 1. The minimum absolute atomic E-state index is 0.0776. The quantitative estimate of drug-likeness (QED) is 0.392. The van der Waals surface area contributed by atoms with Crippen LogP contribution in [0.1, 0.15) is 6.23 Å². The largest absolute Gasteiger partial charge is 0.527 e. The minimum Gasteiger partial charge on any atom is -0.403 e. The van der Waals surface area contributed by atoms with Gasteiger partial charge in [0, 0.05) is 17.6 Å². The van der Waals surface area contributed by atoms with Crippen LogP contribution in [0.15, 0.2) is 64.3 Å². The highest BCUT2D eigenvalue weighted by Gasteiger charge is 2.49. The van der Waals surface area contributed by atoms with Gasteiger partial charge in [-0.15, -0.1) is 0 Å². The Labute approximate surface area is 174 Å². The summed E-state index contributed by atoms with van der Waals surface area (Å²) in [5.41, 5.74) is -1.55. The molecule has 3 aromatic rings. The first-order valence-electron chi connectivity index (χ1n) is 9.23. The molecule has 1 aliphatic heterocycles. The highest BCUT2D eigenvalue weighted by Crippen LogP contribution is 2.50. The van der Waals surface area contributed by atoms with Crippen LogP contribution in [0.2, 0.25) is 0 Å². The van der Waals surface area contributed by atoms with Crippen LogP contribution in [-0.2, 0) is 13.8 Å². The summed E-state index contributed by atoms with van der Waals surface area (Å²) in [7, 11) is -4.83. The van der Waals surface area contributed by atoms with E-state index in [1.807, 2.05) is 4.98 Å². The third kappa shape index (κ3) is 4.33. The van der Waals surface area contributed by atoms with E-state index < -0.39 is 50.2 Å². The lowest BCUT2D eigenvalue weighted by atomic mass is 10.1. The number of phosphoric acid groups is 1. The van der Waals surface area contributed by atoms with E-state index in [9.17, 15) is 29.3 Å². The summed E-state index contributed by atoms with van der Waals surface area (Å²) in [5.74, 6) is 0.0776. The maximum Gasteiger partial charge on any atom is 0.527 e. The van der Waals surface area contributed by atoms with E-state index in [1.165, 1.54) is 6.07 Å². The molecule has 1 saturated heterocycles. The Kier molecular flexibility index (Phi) is 5.80. The number of aliphatic hydroxyl groups is 2. The standard InChI is InChI=1S/C19H19N2O9P/c22-10-14-16(24)17(18(28-14)21-9-8-15(23)20-19(21)25)30-31(26,27)29-13-7-3-5-11-4-1-2-6-12(11)13/h1-9,14,16-18,22,24H,10H2,(H,26,27)(H,20,23,25)/t14-,16-,17-,18-/m1/s1. The third-order valence-corrected chi connectivity index (χ3v) is 5.77. The molecule has 0 aliphatic carbocycles. The lowest BCUT2D eigenvalue weighted by molar-refractivity contribution is -0.0541. The summed E-state index contributed by atoms with van der Waals surface area (Å²) < 4.78 is 29.5. The molecule has 0 spiro atoms. The minimum atomic E-state index is -4.83. The van der Waals surface area contributed by atoms with Gasteiger partial charge in [0.25, 0.3) is 5.56 Å². The number of hydrogen-bond donors (Lipinski definition) is 4. The highest BCUT2D eigenvalue weighted by atomic mass is 31.2. The van der Waals surface area contributed by atoms with Crippen LogP contribution in [0.25, 0.3) is 10.8 Å². The number of H-pyrrole nitrogens is 1. The molecule has 0 radical (unpaired) electrons. The average molecular weight is 450 g/mol. The second kappa shape index (κ2) is 8.39. The molecule has 12 heteroatoms. The molecule has 1 aliphatic rings. The SMILES string of the molecule is O=c1ccn([C@@H]2O[C@H](CO)[C@@H](O)[C@H]2OP(=O)(O)Oc2cccc3ccccc23)c(=O)[nH]1. The molecule has 5 atom stereocenters. The molecule has 164 valence electrons. The second-order valence-corrected chi connectivity index (χ2v) is 8.19. The second-order valence-electron chi connectivity index (χ2n) is 6.86. The third-order valence-electron chi connectivity index (χ3n) is 4.84. The number of nitrogens with zero attached hydrogens (tertiary/aromatic N) is 1. The fraction of sp³-hybridized carbons (Fsp3) is 0.263. The van der Waals surface area contributed by atoms with Crippen molar-refractivity contribution >= 4 is 18.6 Å². The molecule has 2 aromatic carbocycles. The number of fused-ring (bicyclic) bond motifs is 1. The van der Waals surface area contributed by atoms with E-state index in [0.717, 1.165) is 22.2 Å². The van der Waals surface area contributed by atoms with Crippen molar-refractivity contribution in [1.82, 2.24) is 9.55 Å². The van der Waals surface area contributed by atoms with Gasteiger partial charge in [-0.25, -0.2) is 9.36 Å². The van der Waals surface area contributed by atoms with E-state index in [2.05, 4.69) is 0 Å². The van der Waals surface area contributed by atoms with Gasteiger partial charge in [-0.05, 0) is 11.5 Å². The van der Waals surface area contributed by atoms with Gasteiger partial charge in [0.2, 0.25) is 0 Å². The van der Waals surface area contributed by atoms with Crippen LogP contribution in [0.3, 0.4) is 0 Å². The summed E-state index contributed by atoms with van der Waals surface area (Å²) in [5, 5.41) is 21.2. The molecule has 0 amide bonds. The molecule has 1 fully saturated rings. The molecular formula is C19H19N2O9P. The van der Waals surface area contributed by atoms with Crippen molar-refractivity contribution in [2.24, 2.45) is 0 Å². The summed E-state index contributed by atoms with van der Waals surface area (Å²) >= 11 is 0. The van der Waals surface area contributed by atoms with Crippen molar-refractivity contribution < 1.29 is 33.5 Å². The van der Waals surface area contributed by atoms with E-state index >= 15 is 0 Å². The maximum absolute atomic E-state index is 12.8. The number of aromatic nitrogens is 2. The van der Waals surface area contributed by atoms with Crippen molar-refractivity contribution in [1.29, 1.82) is 0 Å².